The van der Waals surface area contributed by atoms with E-state index in [0.717, 1.165) is 19.5 Å². The van der Waals surface area contributed by atoms with Gasteiger partial charge >= 0.3 is 6.03 Å². The van der Waals surface area contributed by atoms with Gasteiger partial charge in [-0.05, 0) is 12.3 Å². The summed E-state index contributed by atoms with van der Waals surface area (Å²) in [6, 6.07) is -0.288. The number of amides is 3. The Balaban J connectivity index is 2.31. The van der Waals surface area contributed by atoms with E-state index < -0.39 is 0 Å². The van der Waals surface area contributed by atoms with Crippen molar-refractivity contribution in [3.05, 3.63) is 0 Å². The fraction of sp³-hybridized carbons (Fsp3) is 0.778. The molecule has 1 N–H and O–H groups in total. The molecule has 1 heterocycles. The third-order valence-corrected chi connectivity index (χ3v) is 2.47. The molecule has 3 amide bonds. The van der Waals surface area contributed by atoms with Crippen molar-refractivity contribution in [2.75, 3.05) is 19.0 Å². The fourth-order valence-electron chi connectivity index (χ4n) is 1.47. The highest BCUT2D eigenvalue weighted by molar-refractivity contribution is 6.19. The van der Waals surface area contributed by atoms with Crippen LogP contribution >= 0.6 is 11.6 Å². The van der Waals surface area contributed by atoms with Crippen LogP contribution in [-0.4, -0.2) is 35.8 Å². The van der Waals surface area contributed by atoms with Crippen LogP contribution < -0.4 is 5.32 Å². The number of urea groups is 1. The number of carbonyl (C=O) groups excluding carboxylic acids is 2. The molecule has 5 heteroatoms. The average Bonchev–Trinajstić information content (AvgIpc) is 2.52. The average molecular weight is 219 g/mol. The smallest absolute Gasteiger partial charge is 0.324 e. The maximum atomic E-state index is 11.4. The van der Waals surface area contributed by atoms with E-state index in [0.29, 0.717) is 5.92 Å². The zero-order valence-corrected chi connectivity index (χ0v) is 9.01. The number of nitrogens with zero attached hydrogens (tertiary/aromatic N) is 1. The van der Waals surface area contributed by atoms with Crippen LogP contribution in [-0.2, 0) is 4.79 Å². The summed E-state index contributed by atoms with van der Waals surface area (Å²) in [6.45, 7) is 3.56. The quantitative estimate of drug-likeness (QED) is 0.708. The number of rotatable bonds is 2. The SMILES string of the molecule is CC1CCN(C(=O)NC(=O)CCCl)C1. The van der Waals surface area contributed by atoms with Crippen molar-refractivity contribution in [3.8, 4) is 0 Å². The summed E-state index contributed by atoms with van der Waals surface area (Å²) in [4.78, 5) is 24.1. The predicted molar refractivity (Wildman–Crippen MR) is 54.2 cm³/mol. The van der Waals surface area contributed by atoms with E-state index in [-0.39, 0.29) is 24.2 Å². The Kier molecular flexibility index (Phi) is 4.20. The second-order valence-corrected chi connectivity index (χ2v) is 4.01. The van der Waals surface area contributed by atoms with Crippen molar-refractivity contribution in [1.29, 1.82) is 0 Å². The van der Waals surface area contributed by atoms with Crippen molar-refractivity contribution in [1.82, 2.24) is 10.2 Å². The Hall–Kier alpha value is -0.770. The minimum Gasteiger partial charge on any atom is -0.324 e. The van der Waals surface area contributed by atoms with Gasteiger partial charge in [0.05, 0.1) is 0 Å². The number of hydrogen-bond acceptors (Lipinski definition) is 2. The molecular weight excluding hydrogens is 204 g/mol. The number of alkyl halides is 1. The molecule has 1 aliphatic rings. The molecule has 0 spiro atoms. The van der Waals surface area contributed by atoms with E-state index in [4.69, 9.17) is 11.6 Å². The van der Waals surface area contributed by atoms with Gasteiger partial charge in [-0.2, -0.15) is 0 Å². The molecule has 0 aromatic rings. The highest BCUT2D eigenvalue weighted by atomic mass is 35.5. The van der Waals surface area contributed by atoms with Crippen LogP contribution in [0.3, 0.4) is 0 Å². The van der Waals surface area contributed by atoms with Gasteiger partial charge in [-0.3, -0.25) is 10.1 Å². The van der Waals surface area contributed by atoms with E-state index in [9.17, 15) is 9.59 Å². The number of carbonyl (C=O) groups is 2. The summed E-state index contributed by atoms with van der Waals surface area (Å²) < 4.78 is 0. The lowest BCUT2D eigenvalue weighted by Gasteiger charge is -2.15. The molecule has 1 atom stereocenters. The highest BCUT2D eigenvalue weighted by Crippen LogP contribution is 2.14. The number of hydrogen-bond donors (Lipinski definition) is 1. The summed E-state index contributed by atoms with van der Waals surface area (Å²) in [7, 11) is 0. The monoisotopic (exact) mass is 218 g/mol. The molecule has 1 aliphatic heterocycles. The Bertz CT molecular complexity index is 233. The van der Waals surface area contributed by atoms with E-state index in [2.05, 4.69) is 12.2 Å². The number of halogens is 1. The van der Waals surface area contributed by atoms with Gasteiger partial charge in [0.2, 0.25) is 5.91 Å². The lowest BCUT2D eigenvalue weighted by atomic mass is 10.2. The topological polar surface area (TPSA) is 49.4 Å². The highest BCUT2D eigenvalue weighted by Gasteiger charge is 2.23. The first kappa shape index (κ1) is 11.3. The lowest BCUT2D eigenvalue weighted by Crippen LogP contribution is -2.41. The van der Waals surface area contributed by atoms with Gasteiger partial charge in [-0.25, -0.2) is 4.79 Å². The number of likely N-dealkylation sites (tertiary alicyclic amines) is 1. The Morgan fingerprint density at radius 2 is 2.29 bits per heavy atom. The molecule has 1 saturated heterocycles. The first-order valence-corrected chi connectivity index (χ1v) is 5.31. The Labute approximate surface area is 88.6 Å². The summed E-state index contributed by atoms with van der Waals surface area (Å²) in [5, 5.41) is 2.31. The van der Waals surface area contributed by atoms with E-state index >= 15 is 0 Å². The molecule has 1 unspecified atom stereocenters. The standard InChI is InChI=1S/C9H15ClN2O2/c1-7-3-5-12(6-7)9(14)11-8(13)2-4-10/h7H,2-6H2,1H3,(H,11,13,14). The van der Waals surface area contributed by atoms with Gasteiger partial charge in [0.15, 0.2) is 0 Å². The normalized spacial score (nSPS) is 21.0. The van der Waals surface area contributed by atoms with Crippen molar-refractivity contribution < 1.29 is 9.59 Å². The van der Waals surface area contributed by atoms with Crippen LogP contribution in [0, 0.1) is 5.92 Å². The third-order valence-electron chi connectivity index (χ3n) is 2.28. The van der Waals surface area contributed by atoms with Crippen LogP contribution in [0.2, 0.25) is 0 Å². The molecule has 0 aliphatic carbocycles. The first-order valence-electron chi connectivity index (χ1n) is 4.78. The van der Waals surface area contributed by atoms with Gasteiger partial charge in [-0.15, -0.1) is 11.6 Å². The van der Waals surface area contributed by atoms with Crippen LogP contribution in [0.1, 0.15) is 19.8 Å². The summed E-state index contributed by atoms with van der Waals surface area (Å²) >= 11 is 5.38. The molecule has 0 bridgehead atoms. The maximum Gasteiger partial charge on any atom is 0.324 e. The molecule has 0 aromatic carbocycles. The zero-order valence-electron chi connectivity index (χ0n) is 8.25. The van der Waals surface area contributed by atoms with E-state index in [1.165, 1.54) is 0 Å². The van der Waals surface area contributed by atoms with Crippen molar-refractivity contribution in [2.45, 2.75) is 19.8 Å². The molecule has 80 valence electrons. The molecule has 1 rings (SSSR count). The first-order chi connectivity index (χ1) is 6.63. The van der Waals surface area contributed by atoms with Gasteiger partial charge in [0, 0.05) is 25.4 Å². The van der Waals surface area contributed by atoms with E-state index in [1.54, 1.807) is 4.90 Å². The van der Waals surface area contributed by atoms with Gasteiger partial charge in [0.1, 0.15) is 0 Å². The van der Waals surface area contributed by atoms with Crippen LogP contribution in [0.25, 0.3) is 0 Å². The van der Waals surface area contributed by atoms with Gasteiger partial charge in [-0.1, -0.05) is 6.92 Å². The minimum atomic E-state index is -0.301. The fourth-order valence-corrected chi connectivity index (χ4v) is 1.64. The van der Waals surface area contributed by atoms with Crippen molar-refractivity contribution >= 4 is 23.5 Å². The molecule has 1 fully saturated rings. The van der Waals surface area contributed by atoms with Crippen molar-refractivity contribution in [3.63, 3.8) is 0 Å². The molecular formula is C9H15ClN2O2. The Morgan fingerprint density at radius 3 is 2.79 bits per heavy atom. The summed E-state index contributed by atoms with van der Waals surface area (Å²) in [6.07, 6.45) is 1.20. The second kappa shape index (κ2) is 5.20. The number of imide groups is 1. The van der Waals surface area contributed by atoms with Gasteiger partial charge < -0.3 is 4.90 Å². The van der Waals surface area contributed by atoms with Crippen LogP contribution in [0.5, 0.6) is 0 Å². The molecule has 0 radical (unpaired) electrons. The second-order valence-electron chi connectivity index (χ2n) is 3.63. The third kappa shape index (κ3) is 3.18. The largest absolute Gasteiger partial charge is 0.324 e. The zero-order chi connectivity index (χ0) is 10.6. The summed E-state index contributed by atoms with van der Waals surface area (Å²) in [5.41, 5.74) is 0. The molecule has 0 aromatic heterocycles. The van der Waals surface area contributed by atoms with E-state index in [1.807, 2.05) is 0 Å². The predicted octanol–water partition coefficient (Wildman–Crippen LogP) is 1.19. The lowest BCUT2D eigenvalue weighted by molar-refractivity contribution is -0.119. The van der Waals surface area contributed by atoms with Gasteiger partial charge in [0.25, 0.3) is 0 Å². The maximum absolute atomic E-state index is 11.4. The molecule has 4 nitrogen and oxygen atoms in total. The van der Waals surface area contributed by atoms with Crippen molar-refractivity contribution in [2.24, 2.45) is 5.92 Å². The molecule has 0 saturated carbocycles. The number of nitrogens with one attached hydrogen (secondary N) is 1. The minimum absolute atomic E-state index is 0.191. The summed E-state index contributed by atoms with van der Waals surface area (Å²) in [5.74, 6) is 0.476. The Morgan fingerprint density at radius 1 is 1.57 bits per heavy atom. The molecule has 14 heavy (non-hydrogen) atoms. The van der Waals surface area contributed by atoms with Crippen LogP contribution in [0.4, 0.5) is 4.79 Å². The van der Waals surface area contributed by atoms with Crippen LogP contribution in [0.15, 0.2) is 0 Å².